The van der Waals surface area contributed by atoms with Gasteiger partial charge in [-0.15, -0.1) is 0 Å². The number of likely N-dealkylation sites (tertiary alicyclic amines) is 1. The van der Waals surface area contributed by atoms with Gasteiger partial charge < -0.3 is 9.80 Å². The number of hydrogen-bond acceptors (Lipinski definition) is 3. The Labute approximate surface area is 129 Å². The summed E-state index contributed by atoms with van der Waals surface area (Å²) >= 11 is 0. The van der Waals surface area contributed by atoms with Crippen LogP contribution in [0.2, 0.25) is 0 Å². The Balaban J connectivity index is 1.85. The van der Waals surface area contributed by atoms with Crippen molar-refractivity contribution in [2.75, 3.05) is 20.1 Å². The van der Waals surface area contributed by atoms with E-state index < -0.39 is 0 Å². The first kappa shape index (κ1) is 15.3. The van der Waals surface area contributed by atoms with Crippen molar-refractivity contribution in [2.24, 2.45) is 11.8 Å². The van der Waals surface area contributed by atoms with E-state index >= 15 is 0 Å². The molecule has 0 aromatic heterocycles. The van der Waals surface area contributed by atoms with E-state index in [0.717, 1.165) is 32.4 Å². The van der Waals surface area contributed by atoms with Crippen molar-refractivity contribution in [1.29, 1.82) is 0 Å². The Morgan fingerprint density at radius 1 is 1.29 bits per heavy atom. The third-order valence-electron chi connectivity index (χ3n) is 5.88. The predicted molar refractivity (Wildman–Crippen MR) is 84.9 cm³/mol. The second-order valence-electron chi connectivity index (χ2n) is 7.93. The van der Waals surface area contributed by atoms with E-state index in [1.165, 1.54) is 12.8 Å². The molecule has 1 spiro atoms. The van der Waals surface area contributed by atoms with Crippen LogP contribution in [0.3, 0.4) is 0 Å². The van der Waals surface area contributed by atoms with Crippen LogP contribution in [-0.4, -0.2) is 53.6 Å². The maximum atomic E-state index is 13.2. The largest absolute Gasteiger partial charge is 0.322 e. The lowest BCUT2D eigenvalue weighted by Gasteiger charge is -2.43. The molecule has 21 heavy (non-hydrogen) atoms. The van der Waals surface area contributed by atoms with Gasteiger partial charge in [0.15, 0.2) is 0 Å². The van der Waals surface area contributed by atoms with Crippen LogP contribution >= 0.6 is 0 Å². The molecule has 4 nitrogen and oxygen atoms in total. The van der Waals surface area contributed by atoms with Crippen LogP contribution in [0, 0.1) is 11.8 Å². The highest BCUT2D eigenvalue weighted by molar-refractivity contribution is 5.89. The van der Waals surface area contributed by atoms with Gasteiger partial charge in [-0.25, -0.2) is 0 Å². The molecular formula is C17H31N3O. The molecule has 2 aliphatic heterocycles. The quantitative estimate of drug-likeness (QED) is 0.846. The van der Waals surface area contributed by atoms with Crippen LogP contribution in [0.5, 0.6) is 0 Å². The van der Waals surface area contributed by atoms with Crippen molar-refractivity contribution in [3.63, 3.8) is 0 Å². The molecule has 0 radical (unpaired) electrons. The lowest BCUT2D eigenvalue weighted by molar-refractivity contribution is -0.138. The van der Waals surface area contributed by atoms with Crippen molar-refractivity contribution in [1.82, 2.24) is 15.1 Å². The fraction of sp³-hybridized carbons (Fsp3) is 0.941. The van der Waals surface area contributed by atoms with Gasteiger partial charge in [-0.2, -0.15) is 0 Å². The fourth-order valence-electron chi connectivity index (χ4n) is 4.72. The van der Waals surface area contributed by atoms with Gasteiger partial charge in [-0.3, -0.25) is 10.1 Å². The maximum absolute atomic E-state index is 13.2. The Hall–Kier alpha value is -0.610. The smallest absolute Gasteiger partial charge is 0.244 e. The van der Waals surface area contributed by atoms with E-state index in [1.807, 2.05) is 0 Å². The van der Waals surface area contributed by atoms with Crippen LogP contribution in [0.15, 0.2) is 0 Å². The van der Waals surface area contributed by atoms with Crippen molar-refractivity contribution >= 4 is 5.91 Å². The van der Waals surface area contributed by atoms with Gasteiger partial charge >= 0.3 is 0 Å². The SMILES string of the molecule is CC(C)C1NC2(CCCC2)C(=O)N1C1CCN(C)CC1C. The second kappa shape index (κ2) is 5.54. The van der Waals surface area contributed by atoms with Crippen molar-refractivity contribution < 1.29 is 4.79 Å². The predicted octanol–water partition coefficient (Wildman–Crippen LogP) is 2.05. The van der Waals surface area contributed by atoms with Gasteiger partial charge in [-0.1, -0.05) is 33.6 Å². The second-order valence-corrected chi connectivity index (χ2v) is 7.93. The zero-order valence-corrected chi connectivity index (χ0v) is 14.1. The summed E-state index contributed by atoms with van der Waals surface area (Å²) in [5.74, 6) is 1.44. The first-order valence-electron chi connectivity index (χ1n) is 8.73. The van der Waals surface area contributed by atoms with E-state index in [2.05, 4.69) is 42.9 Å². The molecule has 0 aromatic rings. The highest BCUT2D eigenvalue weighted by Crippen LogP contribution is 2.40. The minimum absolute atomic E-state index is 0.224. The van der Waals surface area contributed by atoms with Gasteiger partial charge in [0.25, 0.3) is 0 Å². The molecule has 2 saturated heterocycles. The Kier molecular flexibility index (Phi) is 4.04. The monoisotopic (exact) mass is 293 g/mol. The van der Waals surface area contributed by atoms with Gasteiger partial charge in [-0.05, 0) is 44.7 Å². The molecule has 3 atom stereocenters. The summed E-state index contributed by atoms with van der Waals surface area (Å²) in [5, 5.41) is 3.76. The number of piperidine rings is 1. The number of carbonyl (C=O) groups excluding carboxylic acids is 1. The summed E-state index contributed by atoms with van der Waals surface area (Å²) in [6, 6.07) is 0.411. The molecule has 2 heterocycles. The molecule has 4 heteroatoms. The third-order valence-corrected chi connectivity index (χ3v) is 5.88. The van der Waals surface area contributed by atoms with Crippen LogP contribution < -0.4 is 5.32 Å². The number of rotatable bonds is 2. The number of nitrogens with zero attached hydrogens (tertiary/aromatic N) is 2. The van der Waals surface area contributed by atoms with Gasteiger partial charge in [0.1, 0.15) is 0 Å². The van der Waals surface area contributed by atoms with Gasteiger partial charge in [0, 0.05) is 12.6 Å². The first-order valence-corrected chi connectivity index (χ1v) is 8.73. The Morgan fingerprint density at radius 3 is 2.52 bits per heavy atom. The molecule has 1 saturated carbocycles. The minimum Gasteiger partial charge on any atom is -0.322 e. The summed E-state index contributed by atoms with van der Waals surface area (Å²) in [5.41, 5.74) is -0.224. The summed E-state index contributed by atoms with van der Waals surface area (Å²) < 4.78 is 0. The number of hydrogen-bond donors (Lipinski definition) is 1. The topological polar surface area (TPSA) is 35.6 Å². The van der Waals surface area contributed by atoms with Crippen molar-refractivity contribution in [2.45, 2.75) is 70.6 Å². The third kappa shape index (κ3) is 2.50. The molecule has 0 bridgehead atoms. The molecule has 1 N–H and O–H groups in total. The first-order chi connectivity index (χ1) is 9.94. The lowest BCUT2D eigenvalue weighted by atomic mass is 9.90. The van der Waals surface area contributed by atoms with Crippen molar-refractivity contribution in [3.8, 4) is 0 Å². The summed E-state index contributed by atoms with van der Waals surface area (Å²) in [7, 11) is 2.19. The molecule has 1 aliphatic carbocycles. The van der Waals surface area contributed by atoms with E-state index in [1.54, 1.807) is 0 Å². The average molecular weight is 293 g/mol. The lowest BCUT2D eigenvalue weighted by Crippen LogP contribution is -2.54. The molecule has 3 unspecified atom stereocenters. The summed E-state index contributed by atoms with van der Waals surface area (Å²) in [6.07, 6.45) is 5.80. The molecule has 3 fully saturated rings. The molecular weight excluding hydrogens is 262 g/mol. The van der Waals surface area contributed by atoms with Crippen LogP contribution in [0.4, 0.5) is 0 Å². The van der Waals surface area contributed by atoms with Gasteiger partial charge in [0.05, 0.1) is 11.7 Å². The fourth-order valence-corrected chi connectivity index (χ4v) is 4.72. The number of nitrogens with one attached hydrogen (secondary N) is 1. The highest BCUT2D eigenvalue weighted by atomic mass is 16.2. The molecule has 1 amide bonds. The van der Waals surface area contributed by atoms with Crippen LogP contribution in [-0.2, 0) is 4.79 Å². The zero-order chi connectivity index (χ0) is 15.2. The van der Waals surface area contributed by atoms with Crippen LogP contribution in [0.1, 0.15) is 52.9 Å². The summed E-state index contributed by atoms with van der Waals surface area (Å²) in [6.45, 7) is 9.00. The summed E-state index contributed by atoms with van der Waals surface area (Å²) in [4.78, 5) is 17.9. The highest BCUT2D eigenvalue weighted by Gasteiger charge is 2.55. The van der Waals surface area contributed by atoms with E-state index in [0.29, 0.717) is 23.8 Å². The maximum Gasteiger partial charge on any atom is 0.244 e. The van der Waals surface area contributed by atoms with Crippen molar-refractivity contribution in [3.05, 3.63) is 0 Å². The number of carbonyl (C=O) groups is 1. The molecule has 3 rings (SSSR count). The van der Waals surface area contributed by atoms with E-state index in [9.17, 15) is 4.79 Å². The number of amides is 1. The zero-order valence-electron chi connectivity index (χ0n) is 14.1. The standard InChI is InChI=1S/C17H31N3O/c1-12(2)15-18-17(8-5-6-9-17)16(21)20(15)14-7-10-19(4)11-13(14)3/h12-15,18H,5-11H2,1-4H3. The Morgan fingerprint density at radius 2 is 1.95 bits per heavy atom. The molecule has 0 aromatic carbocycles. The van der Waals surface area contributed by atoms with Gasteiger partial charge in [0.2, 0.25) is 5.91 Å². The molecule has 120 valence electrons. The average Bonchev–Trinajstić information content (AvgIpc) is 2.99. The van der Waals surface area contributed by atoms with E-state index in [4.69, 9.17) is 0 Å². The minimum atomic E-state index is -0.224. The van der Waals surface area contributed by atoms with Crippen LogP contribution in [0.25, 0.3) is 0 Å². The Bertz CT molecular complexity index is 403. The molecule has 3 aliphatic rings. The van der Waals surface area contributed by atoms with E-state index in [-0.39, 0.29) is 11.7 Å². The normalized spacial score (nSPS) is 37.1.